The molecule has 17 heteroatoms. The van der Waals surface area contributed by atoms with Gasteiger partial charge in [-0.1, -0.05) is 75.2 Å². The topological polar surface area (TPSA) is 119 Å². The number of carbonyl (C=O) groups excluding carboxylic acids is 1. The van der Waals surface area contributed by atoms with Crippen LogP contribution in [0.15, 0.2) is 117 Å². The van der Waals surface area contributed by atoms with Gasteiger partial charge in [0.05, 0.1) is 10.6 Å². The van der Waals surface area contributed by atoms with E-state index in [1.54, 1.807) is 12.1 Å². The summed E-state index contributed by atoms with van der Waals surface area (Å²) in [6.45, 7) is 14.7. The van der Waals surface area contributed by atoms with Crippen LogP contribution in [0.4, 0.5) is 24.5 Å². The molecular weight excluding hydrogens is 903 g/mol. The van der Waals surface area contributed by atoms with Gasteiger partial charge in [0.1, 0.15) is 4.90 Å². The lowest BCUT2D eigenvalue weighted by Gasteiger charge is -2.39. The highest BCUT2D eigenvalue weighted by molar-refractivity contribution is 7.99. The Balaban J connectivity index is 1.13. The van der Waals surface area contributed by atoms with Crippen LogP contribution in [0, 0.1) is 5.41 Å². The van der Waals surface area contributed by atoms with Crippen molar-refractivity contribution in [2.75, 3.05) is 68.3 Å². The Morgan fingerprint density at radius 1 is 0.891 bits per heavy atom. The highest BCUT2D eigenvalue weighted by atomic mass is 35.5. The summed E-state index contributed by atoms with van der Waals surface area (Å²) in [5.74, 6) is -0.640. The fourth-order valence-corrected chi connectivity index (χ4v) is 11.3. The van der Waals surface area contributed by atoms with Crippen molar-refractivity contribution in [2.45, 2.75) is 79.6 Å². The number of benzene rings is 4. The first-order chi connectivity index (χ1) is 30.3. The van der Waals surface area contributed by atoms with Crippen molar-refractivity contribution >= 4 is 66.1 Å². The van der Waals surface area contributed by atoms with E-state index in [1.165, 1.54) is 40.6 Å². The number of sulfonamides is 1. The predicted octanol–water partition coefficient (Wildman–Crippen LogP) is 9.84. The van der Waals surface area contributed by atoms with Gasteiger partial charge in [0.2, 0.25) is 0 Å². The first-order valence-electron chi connectivity index (χ1n) is 21.5. The maximum absolute atomic E-state index is 14.1. The van der Waals surface area contributed by atoms with Gasteiger partial charge in [-0.25, -0.2) is 21.6 Å². The second-order valence-corrected chi connectivity index (χ2v) is 22.2. The van der Waals surface area contributed by atoms with E-state index in [2.05, 4.69) is 46.0 Å². The van der Waals surface area contributed by atoms with Gasteiger partial charge in [-0.3, -0.25) is 9.69 Å². The molecule has 1 unspecified atom stereocenters. The lowest BCUT2D eigenvalue weighted by molar-refractivity contribution is -0.0435. The van der Waals surface area contributed by atoms with Crippen molar-refractivity contribution in [1.29, 1.82) is 0 Å². The first-order valence-corrected chi connectivity index (χ1v) is 25.8. The zero-order valence-corrected chi connectivity index (χ0v) is 39.8. The van der Waals surface area contributed by atoms with Crippen LogP contribution < -0.4 is 14.9 Å². The van der Waals surface area contributed by atoms with Crippen molar-refractivity contribution in [3.63, 3.8) is 0 Å². The zero-order valence-electron chi connectivity index (χ0n) is 36.6. The summed E-state index contributed by atoms with van der Waals surface area (Å²) in [4.78, 5) is 19.0. The molecule has 0 aromatic heterocycles. The van der Waals surface area contributed by atoms with Gasteiger partial charge in [-0.15, -0.1) is 11.8 Å². The first kappa shape index (κ1) is 49.4. The van der Waals surface area contributed by atoms with Crippen molar-refractivity contribution in [1.82, 2.24) is 14.5 Å². The molecule has 346 valence electrons. The molecule has 1 heterocycles. The van der Waals surface area contributed by atoms with Crippen LogP contribution in [-0.2, 0) is 19.9 Å². The maximum Gasteiger partial charge on any atom is 0.501 e. The Kier molecular flexibility index (Phi) is 16.2. The summed E-state index contributed by atoms with van der Waals surface area (Å²) in [5, 5.41) is 3.70. The minimum atomic E-state index is -6.04. The number of halogens is 4. The highest BCUT2D eigenvalue weighted by Crippen LogP contribution is 2.43. The molecule has 0 radical (unpaired) electrons. The second kappa shape index (κ2) is 21.1. The van der Waals surface area contributed by atoms with Crippen molar-refractivity contribution in [3.8, 4) is 0 Å². The molecule has 64 heavy (non-hydrogen) atoms. The number of piperazine rings is 1. The quantitative estimate of drug-likeness (QED) is 0.0934. The molecule has 1 amide bonds. The average molecular weight is 961 g/mol. The number of nitrogens with zero attached hydrogens (tertiary/aromatic N) is 3. The molecule has 1 fully saturated rings. The maximum atomic E-state index is 14.1. The Morgan fingerprint density at radius 3 is 2.17 bits per heavy atom. The van der Waals surface area contributed by atoms with Gasteiger partial charge in [-0.05, 0) is 122 Å². The molecule has 0 bridgehead atoms. The fraction of sp³-hybridized carbons (Fsp3) is 0.426. The Bertz CT molecular complexity index is 2480. The zero-order chi connectivity index (χ0) is 46.3. The van der Waals surface area contributed by atoms with E-state index >= 15 is 0 Å². The number of amides is 1. The number of anilines is 2. The van der Waals surface area contributed by atoms with E-state index in [9.17, 15) is 34.8 Å². The van der Waals surface area contributed by atoms with Crippen LogP contribution in [0.5, 0.6) is 0 Å². The van der Waals surface area contributed by atoms with Crippen LogP contribution in [0.2, 0.25) is 5.02 Å². The minimum Gasteiger partial charge on any atom is -0.380 e. The largest absolute Gasteiger partial charge is 0.501 e. The van der Waals surface area contributed by atoms with Crippen LogP contribution in [0.3, 0.4) is 0 Å². The van der Waals surface area contributed by atoms with Gasteiger partial charge < -0.3 is 15.1 Å². The number of thioether (sulfide) groups is 1. The Morgan fingerprint density at radius 2 is 1.55 bits per heavy atom. The van der Waals surface area contributed by atoms with Gasteiger partial charge in [0, 0.05) is 72.2 Å². The predicted molar refractivity (Wildman–Crippen MR) is 252 cm³/mol. The van der Waals surface area contributed by atoms with Gasteiger partial charge in [0.15, 0.2) is 0 Å². The Labute approximate surface area is 385 Å². The molecule has 1 atom stereocenters. The summed E-state index contributed by atoms with van der Waals surface area (Å²) >= 11 is 7.64. The average Bonchev–Trinajstić information content (AvgIpc) is 3.26. The van der Waals surface area contributed by atoms with E-state index in [4.69, 9.17) is 11.6 Å². The summed E-state index contributed by atoms with van der Waals surface area (Å²) in [7, 11) is -10.9. The smallest absolute Gasteiger partial charge is 0.380 e. The normalized spacial score (nSPS) is 16.8. The molecule has 1 aliphatic heterocycles. The van der Waals surface area contributed by atoms with Crippen LogP contribution in [0.1, 0.15) is 69.3 Å². The SMILES string of the molecule is CCN(CC)CCC(CSc1ccccc1)Nc1ccc(S(=O)(=O)NC(=O)c2ccc(N3CCN(CC4=C(c5ccc(Cl)cc5)CCC(C)(C)C4)CC3)cc2)cc1S(=O)(=O)C(F)(F)F. The van der Waals surface area contributed by atoms with Gasteiger partial charge >= 0.3 is 5.51 Å². The number of sulfone groups is 1. The fourth-order valence-electron chi connectivity index (χ4n) is 8.21. The number of hydrogen-bond acceptors (Lipinski definition) is 10. The Hall–Kier alpha value is -4.06. The lowest BCUT2D eigenvalue weighted by atomic mass is 9.73. The molecular formula is C47H57ClF3N5O5S3. The molecule has 1 saturated heterocycles. The molecule has 10 nitrogen and oxygen atoms in total. The number of rotatable bonds is 18. The van der Waals surface area contributed by atoms with E-state index in [0.717, 1.165) is 87.8 Å². The van der Waals surface area contributed by atoms with E-state index in [-0.39, 0.29) is 11.0 Å². The van der Waals surface area contributed by atoms with Gasteiger partial charge in [-0.2, -0.15) is 13.2 Å². The van der Waals surface area contributed by atoms with Gasteiger partial charge in [0.25, 0.3) is 25.8 Å². The van der Waals surface area contributed by atoms with Crippen molar-refractivity contribution in [3.05, 3.63) is 119 Å². The number of carbonyl (C=O) groups is 1. The molecule has 4 aromatic carbocycles. The molecule has 4 aromatic rings. The third-order valence-electron chi connectivity index (χ3n) is 12.0. The van der Waals surface area contributed by atoms with Crippen LogP contribution in [-0.4, -0.2) is 102 Å². The highest BCUT2D eigenvalue weighted by Gasteiger charge is 2.48. The third kappa shape index (κ3) is 12.6. The van der Waals surface area contributed by atoms with E-state index in [1.807, 2.05) is 61.0 Å². The molecule has 1 aliphatic carbocycles. The van der Waals surface area contributed by atoms with Crippen LogP contribution >= 0.6 is 23.4 Å². The molecule has 2 aliphatic rings. The summed E-state index contributed by atoms with van der Waals surface area (Å²) in [6, 6.07) is 25.8. The molecule has 0 saturated carbocycles. The van der Waals surface area contributed by atoms with Crippen molar-refractivity contribution < 1.29 is 34.8 Å². The number of nitrogens with one attached hydrogen (secondary N) is 2. The minimum absolute atomic E-state index is 0.000855. The summed E-state index contributed by atoms with van der Waals surface area (Å²) in [5.41, 5.74) is -0.991. The van der Waals surface area contributed by atoms with E-state index in [0.29, 0.717) is 29.8 Å². The summed E-state index contributed by atoms with van der Waals surface area (Å²) < 4.78 is 97.5. The van der Waals surface area contributed by atoms with Crippen molar-refractivity contribution in [2.24, 2.45) is 5.41 Å². The number of allylic oxidation sites excluding steroid dienone is 1. The van der Waals surface area contributed by atoms with Crippen LogP contribution in [0.25, 0.3) is 5.57 Å². The van der Waals surface area contributed by atoms with E-state index < -0.39 is 52.8 Å². The lowest BCUT2D eigenvalue weighted by Crippen LogP contribution is -2.47. The summed E-state index contributed by atoms with van der Waals surface area (Å²) in [6.07, 6.45) is 3.62. The monoisotopic (exact) mass is 959 g/mol. The molecule has 0 spiro atoms. The third-order valence-corrected chi connectivity index (χ3v) is 16.3. The standard InChI is InChI=1S/C47H57ClF3N5O5S3/c1-5-54(6-2)25-23-38(33-62-40-10-8-7-9-11-40)52-43-21-20-41(30-44(43)63(58,59)47(49,50)51)64(60,61)53-45(57)35-14-18-39(19-15-35)56-28-26-55(27-29-56)32-36-31-46(3,4)24-22-42(36)34-12-16-37(48)17-13-34/h7-21,30,38,52H,5-6,22-29,31-33H2,1-4H3,(H,53,57). The number of hydrogen-bond donors (Lipinski definition) is 2. The second-order valence-electron chi connectivity index (χ2n) is 17.1. The molecule has 2 N–H and O–H groups in total. The number of alkyl halides is 3. The molecule has 6 rings (SSSR count).